The topological polar surface area (TPSA) is 79.3 Å². The van der Waals surface area contributed by atoms with Crippen LogP contribution in [0, 0.1) is 0 Å². The van der Waals surface area contributed by atoms with Gasteiger partial charge in [0.25, 0.3) is 0 Å². The molecule has 3 atom stereocenters. The van der Waals surface area contributed by atoms with E-state index < -0.39 is 12.1 Å². The number of carbonyl (C=O) groups is 2. The van der Waals surface area contributed by atoms with E-state index in [4.69, 9.17) is 14.6 Å². The van der Waals surface area contributed by atoms with E-state index in [1.807, 2.05) is 35.2 Å². The Morgan fingerprint density at radius 1 is 1.31 bits per heavy atom. The predicted octanol–water partition coefficient (Wildman–Crippen LogP) is 1.40. The van der Waals surface area contributed by atoms with Crippen molar-refractivity contribution in [3.8, 4) is 0 Å². The maximum absolute atomic E-state index is 12.9. The first-order chi connectivity index (χ1) is 12.6. The van der Waals surface area contributed by atoms with Gasteiger partial charge in [-0.2, -0.15) is 0 Å². The summed E-state index contributed by atoms with van der Waals surface area (Å²) < 4.78 is 11.0. The number of benzene rings is 1. The van der Waals surface area contributed by atoms with Crippen LogP contribution in [-0.4, -0.2) is 71.4 Å². The molecule has 1 aromatic carbocycles. The van der Waals surface area contributed by atoms with Gasteiger partial charge in [0, 0.05) is 13.2 Å². The van der Waals surface area contributed by atoms with E-state index >= 15 is 0 Å². The lowest BCUT2D eigenvalue weighted by atomic mass is 10.00. The molecule has 2 aliphatic heterocycles. The number of hydrogen-bond donors (Lipinski definition) is 1. The van der Waals surface area contributed by atoms with Crippen LogP contribution in [0.5, 0.6) is 0 Å². The van der Waals surface area contributed by atoms with Crippen LogP contribution in [-0.2, 0) is 20.9 Å². The number of ether oxygens (including phenoxy) is 2. The second kappa shape index (κ2) is 8.51. The molecule has 2 fully saturated rings. The van der Waals surface area contributed by atoms with Crippen LogP contribution in [0.2, 0.25) is 0 Å². The molecule has 7 nitrogen and oxygen atoms in total. The lowest BCUT2D eigenvalue weighted by molar-refractivity contribution is -0.161. The van der Waals surface area contributed by atoms with Crippen LogP contribution >= 0.6 is 0 Å². The maximum Gasteiger partial charge on any atom is 0.410 e. The van der Waals surface area contributed by atoms with Gasteiger partial charge in [-0.3, -0.25) is 9.69 Å². The second-order valence-electron chi connectivity index (χ2n) is 6.82. The normalized spacial score (nSPS) is 25.8. The van der Waals surface area contributed by atoms with Gasteiger partial charge < -0.3 is 19.5 Å². The van der Waals surface area contributed by atoms with Gasteiger partial charge in [0.15, 0.2) is 0 Å². The average molecular weight is 362 g/mol. The van der Waals surface area contributed by atoms with Gasteiger partial charge >= 0.3 is 6.09 Å². The molecule has 0 saturated carbocycles. The monoisotopic (exact) mass is 362 g/mol. The molecule has 26 heavy (non-hydrogen) atoms. The highest BCUT2D eigenvalue weighted by atomic mass is 16.6. The van der Waals surface area contributed by atoms with Crippen molar-refractivity contribution in [3.63, 3.8) is 0 Å². The molecule has 2 amide bonds. The summed E-state index contributed by atoms with van der Waals surface area (Å²) in [6.45, 7) is 3.30. The van der Waals surface area contributed by atoms with Crippen LogP contribution in [0.15, 0.2) is 30.3 Å². The van der Waals surface area contributed by atoms with E-state index in [0.29, 0.717) is 32.6 Å². The van der Waals surface area contributed by atoms with Crippen LogP contribution in [0.3, 0.4) is 0 Å². The molecule has 1 N–H and O–H groups in total. The van der Waals surface area contributed by atoms with E-state index in [0.717, 1.165) is 5.56 Å². The van der Waals surface area contributed by atoms with Crippen molar-refractivity contribution in [1.82, 2.24) is 9.80 Å². The van der Waals surface area contributed by atoms with E-state index in [1.54, 1.807) is 6.92 Å². The van der Waals surface area contributed by atoms with E-state index in [2.05, 4.69) is 0 Å². The third-order valence-electron chi connectivity index (χ3n) is 5.03. The Labute approximate surface area is 153 Å². The third kappa shape index (κ3) is 3.99. The maximum atomic E-state index is 12.9. The first-order valence-electron chi connectivity index (χ1n) is 9.10. The average Bonchev–Trinajstić information content (AvgIpc) is 2.67. The van der Waals surface area contributed by atoms with Crippen molar-refractivity contribution in [2.45, 2.75) is 44.5 Å². The van der Waals surface area contributed by atoms with Crippen LogP contribution in [0.25, 0.3) is 0 Å². The lowest BCUT2D eigenvalue weighted by Crippen LogP contribution is -2.68. The number of aliphatic hydroxyl groups is 1. The number of rotatable bonds is 5. The summed E-state index contributed by atoms with van der Waals surface area (Å²) in [4.78, 5) is 28.7. The minimum Gasteiger partial charge on any atom is -0.445 e. The Morgan fingerprint density at radius 2 is 2.08 bits per heavy atom. The molecule has 2 heterocycles. The van der Waals surface area contributed by atoms with E-state index in [-0.39, 0.29) is 31.2 Å². The van der Waals surface area contributed by atoms with Crippen LogP contribution < -0.4 is 0 Å². The van der Waals surface area contributed by atoms with Crippen molar-refractivity contribution < 1.29 is 24.2 Å². The van der Waals surface area contributed by atoms with Gasteiger partial charge in [-0.1, -0.05) is 30.3 Å². The molecule has 2 aliphatic rings. The Kier molecular flexibility index (Phi) is 6.11. The highest BCUT2D eigenvalue weighted by molar-refractivity contribution is 5.87. The van der Waals surface area contributed by atoms with Crippen LogP contribution in [0.4, 0.5) is 4.79 Å². The van der Waals surface area contributed by atoms with Crippen molar-refractivity contribution >= 4 is 12.0 Å². The van der Waals surface area contributed by atoms with Crippen molar-refractivity contribution in [2.75, 3.05) is 26.4 Å². The fourth-order valence-corrected chi connectivity index (χ4v) is 3.62. The fourth-order valence-electron chi connectivity index (χ4n) is 3.62. The lowest BCUT2D eigenvalue weighted by Gasteiger charge is -2.49. The number of amides is 2. The highest BCUT2D eigenvalue weighted by Gasteiger charge is 2.45. The van der Waals surface area contributed by atoms with Gasteiger partial charge in [-0.05, 0) is 25.3 Å². The molecule has 0 radical (unpaired) electrons. The van der Waals surface area contributed by atoms with E-state index in [1.165, 1.54) is 4.90 Å². The standard InChI is InChI=1S/C19H26N2O5/c1-14-18(23)21-16(8-5-9-22)12-25-13-17(21)10-20(14)19(24)26-11-15-6-3-2-4-7-15/h2-4,6-7,14,16-17,22H,5,8-13H2,1H3/t14-,16-,17+/m0/s1. The van der Waals surface area contributed by atoms with Gasteiger partial charge in [0.1, 0.15) is 12.6 Å². The first kappa shape index (κ1) is 18.7. The number of aliphatic hydroxyl groups excluding tert-OH is 1. The Hall–Kier alpha value is -2.12. The summed E-state index contributed by atoms with van der Waals surface area (Å²) >= 11 is 0. The molecule has 1 aromatic rings. The molecule has 7 heteroatoms. The van der Waals surface area contributed by atoms with Crippen molar-refractivity contribution in [1.29, 1.82) is 0 Å². The fraction of sp³-hybridized carbons (Fsp3) is 0.579. The summed E-state index contributed by atoms with van der Waals surface area (Å²) in [6.07, 6.45) is 0.845. The predicted molar refractivity (Wildman–Crippen MR) is 94.4 cm³/mol. The number of nitrogens with zero attached hydrogens (tertiary/aromatic N) is 2. The number of fused-ring (bicyclic) bond motifs is 1. The molecule has 0 aromatic heterocycles. The van der Waals surface area contributed by atoms with Gasteiger partial charge in [-0.25, -0.2) is 4.79 Å². The van der Waals surface area contributed by atoms with Crippen molar-refractivity contribution in [3.05, 3.63) is 35.9 Å². The minimum atomic E-state index is -0.566. The minimum absolute atomic E-state index is 0.0432. The quantitative estimate of drug-likeness (QED) is 0.856. The number of morpholine rings is 1. The number of hydrogen-bond acceptors (Lipinski definition) is 5. The Bertz CT molecular complexity index is 624. The molecular weight excluding hydrogens is 336 g/mol. The Morgan fingerprint density at radius 3 is 2.81 bits per heavy atom. The zero-order chi connectivity index (χ0) is 18.5. The van der Waals surface area contributed by atoms with Crippen molar-refractivity contribution in [2.24, 2.45) is 0 Å². The molecule has 0 unspecified atom stereocenters. The Balaban J connectivity index is 1.64. The van der Waals surface area contributed by atoms with Crippen LogP contribution in [0.1, 0.15) is 25.3 Å². The van der Waals surface area contributed by atoms with Gasteiger partial charge in [0.05, 0.1) is 25.3 Å². The summed E-state index contributed by atoms with van der Waals surface area (Å²) in [5.41, 5.74) is 0.906. The largest absolute Gasteiger partial charge is 0.445 e. The smallest absolute Gasteiger partial charge is 0.410 e. The molecule has 0 aliphatic carbocycles. The molecule has 142 valence electrons. The van der Waals surface area contributed by atoms with E-state index in [9.17, 15) is 9.59 Å². The van der Waals surface area contributed by atoms with Gasteiger partial charge in [-0.15, -0.1) is 0 Å². The summed E-state index contributed by atoms with van der Waals surface area (Å²) in [6, 6.07) is 8.69. The number of carbonyl (C=O) groups excluding carboxylic acids is 2. The number of piperazine rings is 1. The zero-order valence-electron chi connectivity index (χ0n) is 15.0. The molecule has 3 rings (SSSR count). The third-order valence-corrected chi connectivity index (χ3v) is 5.03. The molecular formula is C19H26N2O5. The summed E-state index contributed by atoms with van der Waals surface area (Å²) in [5.74, 6) is -0.0795. The molecule has 0 spiro atoms. The first-order valence-corrected chi connectivity index (χ1v) is 9.10. The van der Waals surface area contributed by atoms with Gasteiger partial charge in [0.2, 0.25) is 5.91 Å². The zero-order valence-corrected chi connectivity index (χ0v) is 15.0. The summed E-state index contributed by atoms with van der Waals surface area (Å²) in [7, 11) is 0. The molecule has 2 saturated heterocycles. The summed E-state index contributed by atoms with van der Waals surface area (Å²) in [5, 5.41) is 9.07. The molecule has 0 bridgehead atoms. The SMILES string of the molecule is C[C@H]1C(=O)N2[C@@H](CCCO)COC[C@H]2CN1C(=O)OCc1ccccc1. The second-order valence-corrected chi connectivity index (χ2v) is 6.82. The highest BCUT2D eigenvalue weighted by Crippen LogP contribution is 2.26.